The van der Waals surface area contributed by atoms with Gasteiger partial charge in [0.2, 0.25) is 0 Å². The molecule has 1 atom stereocenters. The highest BCUT2D eigenvalue weighted by molar-refractivity contribution is 5.68. The third-order valence-corrected chi connectivity index (χ3v) is 8.01. The largest absolute Gasteiger partial charge is 0.491 e. The molecule has 1 amide bonds. The van der Waals surface area contributed by atoms with Crippen LogP contribution in [0.4, 0.5) is 4.79 Å². The van der Waals surface area contributed by atoms with Crippen LogP contribution in [-0.2, 0) is 15.9 Å². The first-order valence-electron chi connectivity index (χ1n) is 17.0. The molecule has 1 aliphatic rings. The Kier molecular flexibility index (Phi) is 18.6. The number of rotatable bonds is 22. The Morgan fingerprint density at radius 2 is 1.47 bits per heavy atom. The van der Waals surface area contributed by atoms with Crippen molar-refractivity contribution in [2.45, 2.75) is 118 Å². The zero-order valence-corrected chi connectivity index (χ0v) is 29.3. The van der Waals surface area contributed by atoms with Crippen LogP contribution in [0.25, 0.3) is 0 Å². The molecule has 1 aromatic carbocycles. The van der Waals surface area contributed by atoms with Gasteiger partial charge in [0.25, 0.3) is 0 Å². The Labute approximate surface area is 274 Å². The fourth-order valence-corrected chi connectivity index (χ4v) is 4.77. The lowest BCUT2D eigenvalue weighted by molar-refractivity contribution is 0.0460. The van der Waals surface area contributed by atoms with Gasteiger partial charge in [0, 0.05) is 12.6 Å². The molecule has 1 aliphatic carbocycles. The van der Waals surface area contributed by atoms with E-state index >= 15 is 0 Å². The standard InChI is InChI=1S/C39H61NO5/c1-30(2)11-8-12-32(5)13-9-14-33(6)15-10-16-34(7)23-26-44-39(42)40(31(3)4)27-37(41)29-45-38-21-19-35(20-22-38)24-25-43-28-36-17-18-36/h11,13,15,19-23,31,36-37,41H,8-10,12,14,16-18,24-29H2,1-7H3/b32-13+,33-15+,34-23+. The monoisotopic (exact) mass is 623 g/mol. The fraction of sp³-hybridized carbons (Fsp3) is 0.615. The average Bonchev–Trinajstić information content (AvgIpc) is 3.82. The number of amides is 1. The van der Waals surface area contributed by atoms with Crippen molar-refractivity contribution in [1.82, 2.24) is 4.90 Å². The van der Waals surface area contributed by atoms with E-state index in [9.17, 15) is 9.90 Å². The van der Waals surface area contributed by atoms with E-state index in [0.717, 1.165) is 64.1 Å². The summed E-state index contributed by atoms with van der Waals surface area (Å²) in [5.74, 6) is 1.48. The topological polar surface area (TPSA) is 68.2 Å². The first-order chi connectivity index (χ1) is 21.5. The van der Waals surface area contributed by atoms with Gasteiger partial charge < -0.3 is 24.2 Å². The fourth-order valence-electron chi connectivity index (χ4n) is 4.77. The zero-order valence-electron chi connectivity index (χ0n) is 29.3. The second-order valence-electron chi connectivity index (χ2n) is 13.2. The van der Waals surface area contributed by atoms with E-state index in [1.165, 1.54) is 40.7 Å². The Balaban J connectivity index is 1.65. The third kappa shape index (κ3) is 18.7. The predicted octanol–water partition coefficient (Wildman–Crippen LogP) is 9.39. The minimum atomic E-state index is -0.829. The number of hydrogen-bond acceptors (Lipinski definition) is 5. The summed E-state index contributed by atoms with van der Waals surface area (Å²) < 4.78 is 17.0. The first kappa shape index (κ1) is 38.4. The van der Waals surface area contributed by atoms with Gasteiger partial charge in [-0.1, -0.05) is 52.7 Å². The molecule has 0 bridgehead atoms. The van der Waals surface area contributed by atoms with Crippen molar-refractivity contribution in [1.29, 1.82) is 0 Å². The van der Waals surface area contributed by atoms with Crippen LogP contribution in [0.2, 0.25) is 0 Å². The number of benzene rings is 1. The molecule has 1 N–H and O–H groups in total. The highest BCUT2D eigenvalue weighted by Crippen LogP contribution is 2.28. The van der Waals surface area contributed by atoms with Crippen LogP contribution in [0, 0.1) is 5.92 Å². The van der Waals surface area contributed by atoms with Gasteiger partial charge >= 0.3 is 6.09 Å². The summed E-state index contributed by atoms with van der Waals surface area (Å²) in [6.45, 7) is 16.7. The van der Waals surface area contributed by atoms with Crippen molar-refractivity contribution in [2.75, 3.05) is 33.0 Å². The van der Waals surface area contributed by atoms with E-state index in [-0.39, 0.29) is 25.8 Å². The summed E-state index contributed by atoms with van der Waals surface area (Å²) in [5, 5.41) is 10.6. The molecule has 0 radical (unpaired) electrons. The third-order valence-electron chi connectivity index (χ3n) is 8.01. The molecule has 6 nitrogen and oxygen atoms in total. The summed E-state index contributed by atoms with van der Waals surface area (Å²) in [4.78, 5) is 14.3. The van der Waals surface area contributed by atoms with Gasteiger partial charge in [0.15, 0.2) is 0 Å². The van der Waals surface area contributed by atoms with Gasteiger partial charge in [0.05, 0.1) is 13.2 Å². The number of aliphatic hydroxyl groups excluding tert-OH is 1. The lowest BCUT2D eigenvalue weighted by Crippen LogP contribution is -2.44. The molecule has 6 heteroatoms. The van der Waals surface area contributed by atoms with Crippen molar-refractivity contribution < 1.29 is 24.1 Å². The lowest BCUT2D eigenvalue weighted by Gasteiger charge is -2.28. The molecule has 2 rings (SSSR count). The SMILES string of the molecule is CC(C)=CCC/C(C)=C/CC/C(C)=C/CC/C(C)=C/COC(=O)N(CC(O)COc1ccc(CCOCC2CC2)cc1)C(C)C. The lowest BCUT2D eigenvalue weighted by atomic mass is 10.0. The maximum Gasteiger partial charge on any atom is 0.410 e. The molecule has 0 aromatic heterocycles. The first-order valence-corrected chi connectivity index (χ1v) is 17.0. The summed E-state index contributed by atoms with van der Waals surface area (Å²) in [7, 11) is 0. The van der Waals surface area contributed by atoms with Crippen LogP contribution in [-0.4, -0.2) is 61.2 Å². The molecule has 45 heavy (non-hydrogen) atoms. The molecule has 1 unspecified atom stereocenters. The summed E-state index contributed by atoms with van der Waals surface area (Å²) in [5.41, 5.74) is 6.66. The Morgan fingerprint density at radius 1 is 0.889 bits per heavy atom. The Morgan fingerprint density at radius 3 is 2.02 bits per heavy atom. The zero-order chi connectivity index (χ0) is 33.0. The van der Waals surface area contributed by atoms with E-state index in [2.05, 4.69) is 52.8 Å². The highest BCUT2D eigenvalue weighted by atomic mass is 16.6. The molecule has 252 valence electrons. The number of allylic oxidation sites excluding steroid dienone is 7. The van der Waals surface area contributed by atoms with Gasteiger partial charge in [-0.3, -0.25) is 0 Å². The van der Waals surface area contributed by atoms with Crippen LogP contribution < -0.4 is 4.74 Å². The van der Waals surface area contributed by atoms with Crippen LogP contribution in [0.3, 0.4) is 0 Å². The molecule has 0 saturated heterocycles. The van der Waals surface area contributed by atoms with Gasteiger partial charge in [-0.2, -0.15) is 0 Å². The second kappa shape index (κ2) is 21.8. The average molecular weight is 624 g/mol. The van der Waals surface area contributed by atoms with Gasteiger partial charge in [-0.15, -0.1) is 0 Å². The smallest absolute Gasteiger partial charge is 0.410 e. The van der Waals surface area contributed by atoms with E-state index < -0.39 is 12.2 Å². The summed E-state index contributed by atoms with van der Waals surface area (Å²) >= 11 is 0. The number of nitrogens with zero attached hydrogens (tertiary/aromatic N) is 1. The number of carbonyl (C=O) groups is 1. The molecule has 0 aliphatic heterocycles. The van der Waals surface area contributed by atoms with Crippen molar-refractivity contribution in [3.63, 3.8) is 0 Å². The normalized spacial score (nSPS) is 14.8. The van der Waals surface area contributed by atoms with Crippen molar-refractivity contribution in [3.8, 4) is 5.75 Å². The Hall–Kier alpha value is -2.83. The highest BCUT2D eigenvalue weighted by Gasteiger charge is 2.22. The minimum absolute atomic E-state index is 0.0957. The van der Waals surface area contributed by atoms with Gasteiger partial charge in [-0.25, -0.2) is 4.79 Å². The second-order valence-corrected chi connectivity index (χ2v) is 13.2. The minimum Gasteiger partial charge on any atom is -0.491 e. The van der Waals surface area contributed by atoms with Crippen LogP contribution >= 0.6 is 0 Å². The van der Waals surface area contributed by atoms with Crippen molar-refractivity contribution in [3.05, 3.63) is 76.4 Å². The van der Waals surface area contributed by atoms with E-state index in [4.69, 9.17) is 14.2 Å². The van der Waals surface area contributed by atoms with E-state index in [0.29, 0.717) is 5.75 Å². The number of aliphatic hydroxyl groups is 1. The molecular weight excluding hydrogens is 562 g/mol. The molecule has 1 saturated carbocycles. The van der Waals surface area contributed by atoms with Gasteiger partial charge in [-0.05, 0) is 136 Å². The molecule has 1 fully saturated rings. The van der Waals surface area contributed by atoms with Crippen LogP contribution in [0.1, 0.15) is 105 Å². The number of ether oxygens (including phenoxy) is 3. The molecular formula is C39H61NO5. The molecule has 0 heterocycles. The predicted molar refractivity (Wildman–Crippen MR) is 187 cm³/mol. The molecule has 1 aromatic rings. The maximum atomic E-state index is 12.8. The van der Waals surface area contributed by atoms with Gasteiger partial charge in [0.1, 0.15) is 25.1 Å². The number of hydrogen-bond donors (Lipinski definition) is 1. The molecule has 0 spiro atoms. The van der Waals surface area contributed by atoms with E-state index in [1.54, 1.807) is 4.90 Å². The van der Waals surface area contributed by atoms with Crippen molar-refractivity contribution in [2.24, 2.45) is 5.92 Å². The van der Waals surface area contributed by atoms with Crippen LogP contribution in [0.15, 0.2) is 70.9 Å². The van der Waals surface area contributed by atoms with E-state index in [1.807, 2.05) is 44.2 Å². The summed E-state index contributed by atoms with van der Waals surface area (Å²) in [6, 6.07) is 7.78. The van der Waals surface area contributed by atoms with Crippen molar-refractivity contribution >= 4 is 6.09 Å². The Bertz CT molecular complexity index is 1110. The number of carbonyl (C=O) groups excluding carboxylic acids is 1. The summed E-state index contributed by atoms with van der Waals surface area (Å²) in [6.07, 6.45) is 17.5. The quantitative estimate of drug-likeness (QED) is 0.103. The maximum absolute atomic E-state index is 12.8. The van der Waals surface area contributed by atoms with Crippen LogP contribution in [0.5, 0.6) is 5.75 Å².